The molecule has 0 radical (unpaired) electrons. The van der Waals surface area contributed by atoms with Gasteiger partial charge in [0.1, 0.15) is 5.82 Å². The second kappa shape index (κ2) is 5.81. The molecule has 0 saturated heterocycles. The Bertz CT molecular complexity index is 279. The molecule has 1 rings (SSSR count). The summed E-state index contributed by atoms with van der Waals surface area (Å²) in [5.41, 5.74) is 1.11. The van der Waals surface area contributed by atoms with Crippen molar-refractivity contribution in [2.45, 2.75) is 40.2 Å². The molecule has 1 heterocycles. The summed E-state index contributed by atoms with van der Waals surface area (Å²) < 4.78 is 0. The lowest BCUT2D eigenvalue weighted by atomic mass is 10.0. The standard InChI is InChI=1S/C12H21N3/c1-5-6-13-11(9(2)3)12-14-7-10(4)8-15-12/h7-9,11,13H,5-6H2,1-4H3. The third-order valence-electron chi connectivity index (χ3n) is 2.36. The topological polar surface area (TPSA) is 37.8 Å². The van der Waals surface area contributed by atoms with Gasteiger partial charge in [0, 0.05) is 12.4 Å². The monoisotopic (exact) mass is 207 g/mol. The van der Waals surface area contributed by atoms with Crippen LogP contribution in [-0.4, -0.2) is 16.5 Å². The predicted molar refractivity (Wildman–Crippen MR) is 62.6 cm³/mol. The molecular weight excluding hydrogens is 186 g/mol. The van der Waals surface area contributed by atoms with E-state index in [-0.39, 0.29) is 6.04 Å². The molecule has 15 heavy (non-hydrogen) atoms. The highest BCUT2D eigenvalue weighted by atomic mass is 15.0. The number of aromatic nitrogens is 2. The summed E-state index contributed by atoms with van der Waals surface area (Å²) in [4.78, 5) is 8.76. The summed E-state index contributed by atoms with van der Waals surface area (Å²) in [5, 5.41) is 3.48. The van der Waals surface area contributed by atoms with Crippen molar-refractivity contribution in [3.63, 3.8) is 0 Å². The van der Waals surface area contributed by atoms with Gasteiger partial charge in [-0.3, -0.25) is 0 Å². The molecule has 0 aliphatic carbocycles. The van der Waals surface area contributed by atoms with Crippen molar-refractivity contribution >= 4 is 0 Å². The molecule has 0 saturated carbocycles. The first-order valence-corrected chi connectivity index (χ1v) is 5.67. The van der Waals surface area contributed by atoms with Gasteiger partial charge in [-0.2, -0.15) is 0 Å². The smallest absolute Gasteiger partial charge is 0.145 e. The lowest BCUT2D eigenvalue weighted by molar-refractivity contribution is 0.394. The van der Waals surface area contributed by atoms with Crippen LogP contribution in [0.25, 0.3) is 0 Å². The van der Waals surface area contributed by atoms with E-state index in [1.54, 1.807) is 0 Å². The van der Waals surface area contributed by atoms with Gasteiger partial charge in [0.05, 0.1) is 6.04 Å². The predicted octanol–water partition coefficient (Wildman–Crippen LogP) is 2.48. The molecule has 3 heteroatoms. The quantitative estimate of drug-likeness (QED) is 0.806. The molecule has 84 valence electrons. The van der Waals surface area contributed by atoms with Crippen molar-refractivity contribution in [2.75, 3.05) is 6.54 Å². The van der Waals surface area contributed by atoms with E-state index >= 15 is 0 Å². The van der Waals surface area contributed by atoms with E-state index in [4.69, 9.17) is 0 Å². The van der Waals surface area contributed by atoms with Gasteiger partial charge < -0.3 is 5.32 Å². The van der Waals surface area contributed by atoms with Gasteiger partial charge in [0.2, 0.25) is 0 Å². The van der Waals surface area contributed by atoms with Gasteiger partial charge in [-0.15, -0.1) is 0 Å². The molecule has 1 N–H and O–H groups in total. The van der Waals surface area contributed by atoms with Crippen LogP contribution in [0.3, 0.4) is 0 Å². The lowest BCUT2D eigenvalue weighted by Crippen LogP contribution is -2.28. The van der Waals surface area contributed by atoms with Crippen LogP contribution in [0.2, 0.25) is 0 Å². The molecule has 0 amide bonds. The molecule has 0 bridgehead atoms. The van der Waals surface area contributed by atoms with Gasteiger partial charge in [-0.1, -0.05) is 20.8 Å². The number of rotatable bonds is 5. The summed E-state index contributed by atoms with van der Waals surface area (Å²) in [5.74, 6) is 1.42. The maximum Gasteiger partial charge on any atom is 0.145 e. The van der Waals surface area contributed by atoms with Gasteiger partial charge in [-0.05, 0) is 31.4 Å². The molecule has 0 aromatic carbocycles. The zero-order chi connectivity index (χ0) is 11.3. The Labute approximate surface area is 92.3 Å². The molecule has 0 spiro atoms. The van der Waals surface area contributed by atoms with E-state index in [1.165, 1.54) is 0 Å². The molecule has 1 aromatic rings. The molecule has 0 fully saturated rings. The Morgan fingerprint density at radius 1 is 1.27 bits per heavy atom. The minimum absolute atomic E-state index is 0.269. The van der Waals surface area contributed by atoms with Crippen LogP contribution in [0.1, 0.15) is 44.6 Å². The number of nitrogens with one attached hydrogen (secondary N) is 1. The van der Waals surface area contributed by atoms with Crippen LogP contribution in [0.4, 0.5) is 0 Å². The third kappa shape index (κ3) is 3.59. The van der Waals surface area contributed by atoms with Crippen LogP contribution in [0.5, 0.6) is 0 Å². The molecule has 1 aromatic heterocycles. The molecular formula is C12H21N3. The first-order chi connectivity index (χ1) is 7.15. The highest BCUT2D eigenvalue weighted by Crippen LogP contribution is 2.17. The number of hydrogen-bond donors (Lipinski definition) is 1. The Morgan fingerprint density at radius 3 is 2.33 bits per heavy atom. The summed E-state index contributed by atoms with van der Waals surface area (Å²) in [6.45, 7) is 9.57. The second-order valence-corrected chi connectivity index (χ2v) is 4.29. The van der Waals surface area contributed by atoms with E-state index in [2.05, 4.69) is 36.1 Å². The summed E-state index contributed by atoms with van der Waals surface area (Å²) >= 11 is 0. The van der Waals surface area contributed by atoms with Gasteiger partial charge in [-0.25, -0.2) is 9.97 Å². The molecule has 1 unspecified atom stereocenters. The SMILES string of the molecule is CCCNC(c1ncc(C)cn1)C(C)C. The number of hydrogen-bond acceptors (Lipinski definition) is 3. The van der Waals surface area contributed by atoms with Crippen molar-refractivity contribution < 1.29 is 0 Å². The average Bonchev–Trinajstić information content (AvgIpc) is 2.21. The summed E-state index contributed by atoms with van der Waals surface area (Å²) in [6, 6.07) is 0.269. The van der Waals surface area contributed by atoms with Crippen molar-refractivity contribution in [2.24, 2.45) is 5.92 Å². The fraction of sp³-hybridized carbons (Fsp3) is 0.667. The highest BCUT2D eigenvalue weighted by Gasteiger charge is 2.16. The van der Waals surface area contributed by atoms with Crippen LogP contribution in [0.15, 0.2) is 12.4 Å². The normalized spacial score (nSPS) is 13.1. The molecule has 1 atom stereocenters. The fourth-order valence-electron chi connectivity index (χ4n) is 1.49. The van der Waals surface area contributed by atoms with E-state index in [9.17, 15) is 0 Å². The van der Waals surface area contributed by atoms with Crippen LogP contribution < -0.4 is 5.32 Å². The van der Waals surface area contributed by atoms with Gasteiger partial charge in [0.25, 0.3) is 0 Å². The maximum absolute atomic E-state index is 4.38. The minimum Gasteiger partial charge on any atom is -0.307 e. The lowest BCUT2D eigenvalue weighted by Gasteiger charge is -2.20. The van der Waals surface area contributed by atoms with E-state index in [0.717, 1.165) is 24.4 Å². The average molecular weight is 207 g/mol. The highest BCUT2D eigenvalue weighted by molar-refractivity contribution is 5.05. The first kappa shape index (κ1) is 12.1. The van der Waals surface area contributed by atoms with Crippen LogP contribution in [0, 0.1) is 12.8 Å². The Morgan fingerprint density at radius 2 is 1.87 bits per heavy atom. The molecule has 3 nitrogen and oxygen atoms in total. The van der Waals surface area contributed by atoms with Crippen molar-refractivity contribution in [3.8, 4) is 0 Å². The van der Waals surface area contributed by atoms with Gasteiger partial charge in [0.15, 0.2) is 0 Å². The zero-order valence-electron chi connectivity index (χ0n) is 10.1. The number of nitrogens with zero attached hydrogens (tertiary/aromatic N) is 2. The minimum atomic E-state index is 0.269. The maximum atomic E-state index is 4.38. The van der Waals surface area contributed by atoms with E-state index < -0.39 is 0 Å². The van der Waals surface area contributed by atoms with Crippen LogP contribution in [-0.2, 0) is 0 Å². The largest absolute Gasteiger partial charge is 0.307 e. The van der Waals surface area contributed by atoms with E-state index in [0.29, 0.717) is 5.92 Å². The Hall–Kier alpha value is -0.960. The van der Waals surface area contributed by atoms with Crippen molar-refractivity contribution in [1.29, 1.82) is 0 Å². The molecule has 0 aliphatic rings. The Kier molecular flexibility index (Phi) is 4.69. The Balaban J connectivity index is 2.74. The number of aryl methyl sites for hydroxylation is 1. The van der Waals surface area contributed by atoms with Crippen molar-refractivity contribution in [1.82, 2.24) is 15.3 Å². The zero-order valence-corrected chi connectivity index (χ0v) is 10.1. The second-order valence-electron chi connectivity index (χ2n) is 4.29. The first-order valence-electron chi connectivity index (χ1n) is 5.67. The van der Waals surface area contributed by atoms with Crippen LogP contribution >= 0.6 is 0 Å². The summed E-state index contributed by atoms with van der Waals surface area (Å²) in [7, 11) is 0. The van der Waals surface area contributed by atoms with Crippen molar-refractivity contribution in [3.05, 3.63) is 23.8 Å². The third-order valence-corrected chi connectivity index (χ3v) is 2.36. The van der Waals surface area contributed by atoms with Gasteiger partial charge >= 0.3 is 0 Å². The van der Waals surface area contributed by atoms with E-state index in [1.807, 2.05) is 19.3 Å². The fourth-order valence-corrected chi connectivity index (χ4v) is 1.49. The summed E-state index contributed by atoms with van der Waals surface area (Å²) in [6.07, 6.45) is 4.89. The molecule has 0 aliphatic heterocycles.